The van der Waals surface area contributed by atoms with Crippen LogP contribution >= 0.6 is 0 Å². The standard InChI is InChI=1S/C17H16N2O/c1-2-16(17-18-7-8-19-17)15-6-5-13-9-12(11-20)3-4-14(13)10-15/h2-10,16,20H,1,11H2,(H,18,19). The van der Waals surface area contributed by atoms with E-state index in [1.807, 2.05) is 30.5 Å². The summed E-state index contributed by atoms with van der Waals surface area (Å²) >= 11 is 0. The number of aliphatic hydroxyl groups excluding tert-OH is 1. The quantitative estimate of drug-likeness (QED) is 0.710. The average Bonchev–Trinajstić information content (AvgIpc) is 3.01. The molecular formula is C17H16N2O. The molecule has 0 aliphatic rings. The second kappa shape index (κ2) is 5.31. The van der Waals surface area contributed by atoms with Gasteiger partial charge in [-0.15, -0.1) is 6.58 Å². The Morgan fingerprint density at radius 3 is 2.70 bits per heavy atom. The molecule has 0 saturated heterocycles. The Hall–Kier alpha value is -2.39. The number of aliphatic hydroxyl groups is 1. The molecule has 0 saturated carbocycles. The molecule has 1 aromatic heterocycles. The van der Waals surface area contributed by atoms with E-state index in [0.29, 0.717) is 0 Å². The Labute approximate surface area is 117 Å². The monoisotopic (exact) mass is 264 g/mol. The van der Waals surface area contributed by atoms with E-state index in [0.717, 1.165) is 27.7 Å². The second-order valence-electron chi connectivity index (χ2n) is 4.79. The van der Waals surface area contributed by atoms with Gasteiger partial charge in [-0.1, -0.05) is 36.4 Å². The molecule has 3 nitrogen and oxygen atoms in total. The topological polar surface area (TPSA) is 48.9 Å². The average molecular weight is 264 g/mol. The Bertz CT molecular complexity index is 732. The van der Waals surface area contributed by atoms with Crippen LogP contribution in [0.25, 0.3) is 10.8 Å². The minimum atomic E-state index is 0.0620. The van der Waals surface area contributed by atoms with Crippen LogP contribution in [0.3, 0.4) is 0 Å². The van der Waals surface area contributed by atoms with Gasteiger partial charge in [0.25, 0.3) is 0 Å². The van der Waals surface area contributed by atoms with Crippen molar-refractivity contribution < 1.29 is 5.11 Å². The summed E-state index contributed by atoms with van der Waals surface area (Å²) in [5, 5.41) is 11.5. The highest BCUT2D eigenvalue weighted by atomic mass is 16.3. The number of imidazole rings is 1. The molecule has 3 heteroatoms. The molecule has 2 aromatic carbocycles. The fraction of sp³-hybridized carbons (Fsp3) is 0.118. The summed E-state index contributed by atoms with van der Waals surface area (Å²) in [4.78, 5) is 7.45. The number of rotatable bonds is 4. The molecule has 1 unspecified atom stereocenters. The highest BCUT2D eigenvalue weighted by molar-refractivity contribution is 5.84. The molecule has 0 fully saturated rings. The maximum atomic E-state index is 9.18. The van der Waals surface area contributed by atoms with E-state index in [1.165, 1.54) is 0 Å². The number of aromatic nitrogens is 2. The number of aromatic amines is 1. The Balaban J connectivity index is 2.06. The van der Waals surface area contributed by atoms with E-state index in [-0.39, 0.29) is 12.5 Å². The van der Waals surface area contributed by atoms with Crippen molar-refractivity contribution in [1.29, 1.82) is 0 Å². The largest absolute Gasteiger partial charge is 0.392 e. The predicted molar refractivity (Wildman–Crippen MR) is 80.5 cm³/mol. The molecular weight excluding hydrogens is 248 g/mol. The third-order valence-corrected chi connectivity index (χ3v) is 3.52. The maximum Gasteiger partial charge on any atom is 0.117 e. The molecule has 0 bridgehead atoms. The van der Waals surface area contributed by atoms with Gasteiger partial charge in [0, 0.05) is 12.4 Å². The van der Waals surface area contributed by atoms with Gasteiger partial charge in [-0.3, -0.25) is 0 Å². The van der Waals surface area contributed by atoms with E-state index in [2.05, 4.69) is 34.7 Å². The lowest BCUT2D eigenvalue weighted by atomic mass is 9.95. The number of hydrogen-bond donors (Lipinski definition) is 2. The maximum absolute atomic E-state index is 9.18. The lowest BCUT2D eigenvalue weighted by Gasteiger charge is -2.11. The minimum absolute atomic E-state index is 0.0620. The van der Waals surface area contributed by atoms with Gasteiger partial charge in [0.05, 0.1) is 12.5 Å². The highest BCUT2D eigenvalue weighted by Gasteiger charge is 2.13. The van der Waals surface area contributed by atoms with Crippen LogP contribution in [0.2, 0.25) is 0 Å². The fourth-order valence-corrected chi connectivity index (χ4v) is 2.46. The van der Waals surface area contributed by atoms with E-state index in [4.69, 9.17) is 0 Å². The smallest absolute Gasteiger partial charge is 0.117 e. The van der Waals surface area contributed by atoms with Gasteiger partial charge in [0.1, 0.15) is 5.82 Å². The summed E-state index contributed by atoms with van der Waals surface area (Å²) in [6.45, 7) is 3.98. The van der Waals surface area contributed by atoms with E-state index in [9.17, 15) is 5.11 Å². The molecule has 0 radical (unpaired) electrons. The van der Waals surface area contributed by atoms with Crippen molar-refractivity contribution in [3.05, 3.63) is 78.4 Å². The van der Waals surface area contributed by atoms with Crippen LogP contribution < -0.4 is 0 Å². The number of fused-ring (bicyclic) bond motifs is 1. The Morgan fingerprint density at radius 1 is 1.20 bits per heavy atom. The van der Waals surface area contributed by atoms with Crippen molar-refractivity contribution in [1.82, 2.24) is 9.97 Å². The van der Waals surface area contributed by atoms with Crippen LogP contribution in [0, 0.1) is 0 Å². The number of hydrogen-bond acceptors (Lipinski definition) is 2. The lowest BCUT2D eigenvalue weighted by molar-refractivity contribution is 0.282. The molecule has 0 spiro atoms. The molecule has 0 aliphatic carbocycles. The van der Waals surface area contributed by atoms with Gasteiger partial charge in [0.15, 0.2) is 0 Å². The van der Waals surface area contributed by atoms with E-state index >= 15 is 0 Å². The first-order valence-electron chi connectivity index (χ1n) is 6.57. The summed E-state index contributed by atoms with van der Waals surface area (Å²) in [6.07, 6.45) is 5.46. The van der Waals surface area contributed by atoms with Crippen LogP contribution in [-0.4, -0.2) is 15.1 Å². The molecule has 3 rings (SSSR count). The predicted octanol–water partition coefficient (Wildman–Crippen LogP) is 3.37. The lowest BCUT2D eigenvalue weighted by Crippen LogP contribution is -1.99. The molecule has 2 N–H and O–H groups in total. The van der Waals surface area contributed by atoms with E-state index in [1.54, 1.807) is 6.20 Å². The number of nitrogens with one attached hydrogen (secondary N) is 1. The summed E-state index contributed by atoms with van der Waals surface area (Å²) in [6, 6.07) is 12.3. The van der Waals surface area contributed by atoms with Gasteiger partial charge in [-0.25, -0.2) is 4.98 Å². The third kappa shape index (κ3) is 2.24. The van der Waals surface area contributed by atoms with Crippen LogP contribution in [0.15, 0.2) is 61.4 Å². The highest BCUT2D eigenvalue weighted by Crippen LogP contribution is 2.26. The number of benzene rings is 2. The Kier molecular flexibility index (Phi) is 3.35. The van der Waals surface area contributed by atoms with Gasteiger partial charge in [0.2, 0.25) is 0 Å². The van der Waals surface area contributed by atoms with Gasteiger partial charge < -0.3 is 10.1 Å². The fourth-order valence-electron chi connectivity index (χ4n) is 2.46. The summed E-state index contributed by atoms with van der Waals surface area (Å²) in [5.41, 5.74) is 2.08. The first-order valence-corrected chi connectivity index (χ1v) is 6.57. The van der Waals surface area contributed by atoms with Gasteiger partial charge >= 0.3 is 0 Å². The van der Waals surface area contributed by atoms with Crippen molar-refractivity contribution >= 4 is 10.8 Å². The molecule has 100 valence electrons. The minimum Gasteiger partial charge on any atom is -0.392 e. The normalized spacial score (nSPS) is 12.4. The zero-order chi connectivity index (χ0) is 13.9. The van der Waals surface area contributed by atoms with Crippen molar-refractivity contribution in [3.8, 4) is 0 Å². The molecule has 0 amide bonds. The Morgan fingerprint density at radius 2 is 2.00 bits per heavy atom. The molecule has 3 aromatic rings. The number of H-pyrrole nitrogens is 1. The summed E-state index contributed by atoms with van der Waals surface area (Å²) in [7, 11) is 0. The van der Waals surface area contributed by atoms with E-state index < -0.39 is 0 Å². The van der Waals surface area contributed by atoms with Crippen molar-refractivity contribution in [2.24, 2.45) is 0 Å². The van der Waals surface area contributed by atoms with Crippen molar-refractivity contribution in [2.45, 2.75) is 12.5 Å². The van der Waals surface area contributed by atoms with Crippen molar-refractivity contribution in [2.75, 3.05) is 0 Å². The zero-order valence-electron chi connectivity index (χ0n) is 11.1. The molecule has 1 heterocycles. The zero-order valence-corrected chi connectivity index (χ0v) is 11.1. The molecule has 1 atom stereocenters. The first-order chi connectivity index (χ1) is 9.81. The van der Waals surface area contributed by atoms with Crippen LogP contribution in [-0.2, 0) is 6.61 Å². The van der Waals surface area contributed by atoms with Crippen LogP contribution in [0.4, 0.5) is 0 Å². The van der Waals surface area contributed by atoms with Crippen molar-refractivity contribution in [3.63, 3.8) is 0 Å². The molecule has 20 heavy (non-hydrogen) atoms. The SMILES string of the molecule is C=CC(c1ccc2cc(CO)ccc2c1)c1ncc[nH]1. The summed E-state index contributed by atoms with van der Waals surface area (Å²) in [5.74, 6) is 0.957. The number of allylic oxidation sites excluding steroid dienone is 1. The van der Waals surface area contributed by atoms with Gasteiger partial charge in [-0.05, 0) is 28.0 Å². The molecule has 0 aliphatic heterocycles. The van der Waals surface area contributed by atoms with Crippen LogP contribution in [0.5, 0.6) is 0 Å². The third-order valence-electron chi connectivity index (χ3n) is 3.52. The van der Waals surface area contributed by atoms with Gasteiger partial charge in [-0.2, -0.15) is 0 Å². The number of nitrogens with zero attached hydrogens (tertiary/aromatic N) is 1. The second-order valence-corrected chi connectivity index (χ2v) is 4.79. The van der Waals surface area contributed by atoms with Crippen LogP contribution in [0.1, 0.15) is 22.9 Å². The first kappa shape index (κ1) is 12.6. The summed E-state index contributed by atoms with van der Waals surface area (Å²) < 4.78 is 0.